The second kappa shape index (κ2) is 7.56. The van der Waals surface area contributed by atoms with Crippen LogP contribution in [0.5, 0.6) is 0 Å². The largest absolute Gasteiger partial charge is 0.354 e. The van der Waals surface area contributed by atoms with E-state index >= 15 is 0 Å². The van der Waals surface area contributed by atoms with Gasteiger partial charge in [0, 0.05) is 50.0 Å². The molecular formula is C21H26N4O. The quantitative estimate of drug-likeness (QED) is 0.835. The first-order valence-corrected chi connectivity index (χ1v) is 9.44. The zero-order chi connectivity index (χ0) is 17.8. The maximum absolute atomic E-state index is 12.6. The lowest BCUT2D eigenvalue weighted by atomic mass is 9.96. The van der Waals surface area contributed by atoms with E-state index in [0.29, 0.717) is 6.54 Å². The molecule has 1 unspecified atom stereocenters. The van der Waals surface area contributed by atoms with Crippen LogP contribution in [-0.2, 0) is 10.2 Å². The number of aromatic nitrogens is 1. The normalized spacial score (nSPS) is 21.9. The Kier molecular flexibility index (Phi) is 5.00. The van der Waals surface area contributed by atoms with Crippen LogP contribution in [0.25, 0.3) is 0 Å². The molecule has 1 aromatic carbocycles. The molecular weight excluding hydrogens is 324 g/mol. The van der Waals surface area contributed by atoms with Gasteiger partial charge in [-0.05, 0) is 30.0 Å². The van der Waals surface area contributed by atoms with Gasteiger partial charge in [0.25, 0.3) is 0 Å². The predicted molar refractivity (Wildman–Crippen MR) is 102 cm³/mol. The Labute approximate surface area is 154 Å². The summed E-state index contributed by atoms with van der Waals surface area (Å²) in [5.41, 5.74) is 2.66. The number of piperazine rings is 1. The molecule has 0 bridgehead atoms. The van der Waals surface area contributed by atoms with Gasteiger partial charge in [-0.2, -0.15) is 0 Å². The van der Waals surface area contributed by atoms with Crippen molar-refractivity contribution in [3.63, 3.8) is 0 Å². The Bertz CT molecular complexity index is 730. The van der Waals surface area contributed by atoms with E-state index in [1.54, 1.807) is 6.20 Å². The third-order valence-corrected chi connectivity index (χ3v) is 5.63. The molecule has 136 valence electrons. The molecule has 1 saturated carbocycles. The molecule has 2 heterocycles. The van der Waals surface area contributed by atoms with E-state index in [0.717, 1.165) is 44.6 Å². The van der Waals surface area contributed by atoms with Crippen molar-refractivity contribution in [2.24, 2.45) is 0 Å². The summed E-state index contributed by atoms with van der Waals surface area (Å²) in [7, 11) is 0. The SMILES string of the molecule is O=C(CN1CCNCC1c1cccnc1)NCC1(c2ccccc2)CC1. The van der Waals surface area contributed by atoms with Crippen LogP contribution >= 0.6 is 0 Å². The lowest BCUT2D eigenvalue weighted by Gasteiger charge is -2.35. The minimum atomic E-state index is 0.114. The van der Waals surface area contributed by atoms with Crippen LogP contribution in [0.4, 0.5) is 0 Å². The van der Waals surface area contributed by atoms with Crippen molar-refractivity contribution in [2.45, 2.75) is 24.3 Å². The van der Waals surface area contributed by atoms with Crippen LogP contribution in [0.2, 0.25) is 0 Å². The average Bonchev–Trinajstić information content (AvgIpc) is 3.50. The summed E-state index contributed by atoms with van der Waals surface area (Å²) in [4.78, 5) is 19.1. The molecule has 1 aliphatic heterocycles. The molecule has 2 aliphatic rings. The lowest BCUT2D eigenvalue weighted by Crippen LogP contribution is -2.50. The summed E-state index contributed by atoms with van der Waals surface area (Å²) in [6.45, 7) is 3.81. The maximum Gasteiger partial charge on any atom is 0.234 e. The molecule has 2 N–H and O–H groups in total. The van der Waals surface area contributed by atoms with E-state index in [2.05, 4.69) is 50.8 Å². The number of nitrogens with zero attached hydrogens (tertiary/aromatic N) is 2. The highest BCUT2D eigenvalue weighted by Crippen LogP contribution is 2.47. The third-order valence-electron chi connectivity index (χ3n) is 5.63. The Morgan fingerprint density at radius 1 is 1.23 bits per heavy atom. The molecule has 0 spiro atoms. The molecule has 4 rings (SSSR count). The molecule has 0 radical (unpaired) electrons. The van der Waals surface area contributed by atoms with Crippen LogP contribution in [0.3, 0.4) is 0 Å². The molecule has 1 atom stereocenters. The zero-order valence-corrected chi connectivity index (χ0v) is 15.0. The molecule has 1 saturated heterocycles. The predicted octanol–water partition coefficient (Wildman–Crippen LogP) is 1.88. The first-order chi connectivity index (χ1) is 12.8. The highest BCUT2D eigenvalue weighted by molar-refractivity contribution is 5.78. The molecule has 2 fully saturated rings. The van der Waals surface area contributed by atoms with Crippen molar-refractivity contribution in [1.82, 2.24) is 20.5 Å². The van der Waals surface area contributed by atoms with Crippen LogP contribution in [0.15, 0.2) is 54.9 Å². The summed E-state index contributed by atoms with van der Waals surface area (Å²) in [5, 5.41) is 6.61. The van der Waals surface area contributed by atoms with Crippen molar-refractivity contribution in [2.75, 3.05) is 32.7 Å². The Hall–Kier alpha value is -2.24. The van der Waals surface area contributed by atoms with Gasteiger partial charge in [0.05, 0.1) is 6.54 Å². The van der Waals surface area contributed by atoms with Crippen LogP contribution in [0, 0.1) is 0 Å². The van der Waals surface area contributed by atoms with Crippen LogP contribution in [-0.4, -0.2) is 48.5 Å². The molecule has 5 nitrogen and oxygen atoms in total. The van der Waals surface area contributed by atoms with Gasteiger partial charge in [-0.25, -0.2) is 0 Å². The number of rotatable bonds is 6. The summed E-state index contributed by atoms with van der Waals surface area (Å²) >= 11 is 0. The van der Waals surface area contributed by atoms with E-state index in [1.807, 2.05) is 18.3 Å². The Morgan fingerprint density at radius 2 is 2.08 bits per heavy atom. The smallest absolute Gasteiger partial charge is 0.234 e. The fourth-order valence-electron chi connectivity index (χ4n) is 3.86. The third kappa shape index (κ3) is 3.79. The first-order valence-electron chi connectivity index (χ1n) is 9.44. The molecule has 1 amide bonds. The van der Waals surface area contributed by atoms with Crippen molar-refractivity contribution < 1.29 is 4.79 Å². The van der Waals surface area contributed by atoms with Crippen molar-refractivity contribution in [3.8, 4) is 0 Å². The number of carbonyl (C=O) groups excluding carboxylic acids is 1. The summed E-state index contributed by atoms with van der Waals surface area (Å²) < 4.78 is 0. The zero-order valence-electron chi connectivity index (χ0n) is 15.0. The topological polar surface area (TPSA) is 57.3 Å². The van der Waals surface area contributed by atoms with Gasteiger partial charge in [0.2, 0.25) is 5.91 Å². The monoisotopic (exact) mass is 350 g/mol. The highest BCUT2D eigenvalue weighted by atomic mass is 16.2. The molecule has 1 aliphatic carbocycles. The Morgan fingerprint density at radius 3 is 2.81 bits per heavy atom. The van der Waals surface area contributed by atoms with E-state index in [-0.39, 0.29) is 17.4 Å². The summed E-state index contributed by atoms with van der Waals surface area (Å²) in [6.07, 6.45) is 6.00. The summed E-state index contributed by atoms with van der Waals surface area (Å²) in [5.74, 6) is 0.114. The van der Waals surface area contributed by atoms with Gasteiger partial charge in [-0.3, -0.25) is 14.7 Å². The number of amides is 1. The van der Waals surface area contributed by atoms with Gasteiger partial charge >= 0.3 is 0 Å². The highest BCUT2D eigenvalue weighted by Gasteiger charge is 2.44. The van der Waals surface area contributed by atoms with Gasteiger partial charge in [0.15, 0.2) is 0 Å². The lowest BCUT2D eigenvalue weighted by molar-refractivity contribution is -0.123. The first kappa shape index (κ1) is 17.2. The Balaban J connectivity index is 1.35. The van der Waals surface area contributed by atoms with E-state index < -0.39 is 0 Å². The standard InChI is InChI=1S/C21H26N4O/c26-20(24-16-21(8-9-21)18-6-2-1-3-7-18)15-25-12-11-23-14-19(25)17-5-4-10-22-13-17/h1-7,10,13,19,23H,8-9,11-12,14-16H2,(H,24,26). The number of hydrogen-bond acceptors (Lipinski definition) is 4. The second-order valence-corrected chi connectivity index (χ2v) is 7.40. The number of pyridine rings is 1. The van der Waals surface area contributed by atoms with Crippen molar-refractivity contribution >= 4 is 5.91 Å². The molecule has 26 heavy (non-hydrogen) atoms. The van der Waals surface area contributed by atoms with Crippen LogP contribution in [0.1, 0.15) is 30.0 Å². The van der Waals surface area contributed by atoms with E-state index in [1.165, 1.54) is 5.56 Å². The van der Waals surface area contributed by atoms with Crippen LogP contribution < -0.4 is 10.6 Å². The average molecular weight is 350 g/mol. The number of carbonyl (C=O) groups is 1. The fraction of sp³-hybridized carbons (Fsp3) is 0.429. The maximum atomic E-state index is 12.6. The molecule has 2 aromatic rings. The number of nitrogens with one attached hydrogen (secondary N) is 2. The second-order valence-electron chi connectivity index (χ2n) is 7.40. The number of benzene rings is 1. The van der Waals surface area contributed by atoms with Gasteiger partial charge in [0.1, 0.15) is 0 Å². The minimum absolute atomic E-state index is 0.114. The van der Waals surface area contributed by atoms with Crippen molar-refractivity contribution in [3.05, 3.63) is 66.0 Å². The van der Waals surface area contributed by atoms with Gasteiger partial charge in [-0.1, -0.05) is 36.4 Å². The summed E-state index contributed by atoms with van der Waals surface area (Å²) in [6, 6.07) is 14.8. The van der Waals surface area contributed by atoms with Crippen molar-refractivity contribution in [1.29, 1.82) is 0 Å². The molecule has 5 heteroatoms. The number of hydrogen-bond donors (Lipinski definition) is 2. The minimum Gasteiger partial charge on any atom is -0.354 e. The van der Waals surface area contributed by atoms with E-state index in [9.17, 15) is 4.79 Å². The van der Waals surface area contributed by atoms with Gasteiger partial charge < -0.3 is 10.6 Å². The molecule has 1 aromatic heterocycles. The van der Waals surface area contributed by atoms with E-state index in [4.69, 9.17) is 0 Å². The van der Waals surface area contributed by atoms with Gasteiger partial charge in [-0.15, -0.1) is 0 Å². The fourth-order valence-corrected chi connectivity index (χ4v) is 3.86.